The maximum atomic E-state index is 12.2. The molecule has 0 unspecified atom stereocenters. The number of nitrogens with zero attached hydrogens (tertiary/aromatic N) is 1. The van der Waals surface area contributed by atoms with E-state index < -0.39 is 17.5 Å². The molecule has 2 aromatic carbocycles. The smallest absolute Gasteiger partial charge is 0.371 e. The van der Waals surface area contributed by atoms with Crippen molar-refractivity contribution in [2.45, 2.75) is 66.9 Å². The van der Waals surface area contributed by atoms with Crippen molar-refractivity contribution in [3.8, 4) is 16.9 Å². The molecule has 1 aliphatic rings. The van der Waals surface area contributed by atoms with Crippen molar-refractivity contribution in [1.29, 1.82) is 0 Å². The predicted octanol–water partition coefficient (Wildman–Crippen LogP) is 5.96. The fourth-order valence-corrected chi connectivity index (χ4v) is 3.90. The maximum absolute atomic E-state index is 12.2. The van der Waals surface area contributed by atoms with Crippen LogP contribution in [0.4, 0.5) is 0 Å². The number of morpholine rings is 1. The van der Waals surface area contributed by atoms with Crippen LogP contribution in [0.3, 0.4) is 0 Å². The van der Waals surface area contributed by atoms with Gasteiger partial charge in [-0.2, -0.15) is 4.58 Å². The highest BCUT2D eigenvalue weighted by Crippen LogP contribution is 2.32. The first-order valence-corrected chi connectivity index (χ1v) is 14.1. The lowest BCUT2D eigenvalue weighted by molar-refractivity contribution is -0.160. The molecular formula is C32H44NO7+. The Kier molecular flexibility index (Phi) is 13.4. The highest BCUT2D eigenvalue weighted by atomic mass is 16.7. The third-order valence-electron chi connectivity index (χ3n) is 5.54. The zero-order valence-electron chi connectivity index (χ0n) is 25.0. The Balaban J connectivity index is 0.00000134. The van der Waals surface area contributed by atoms with Crippen LogP contribution in [0.15, 0.2) is 59.0 Å². The second kappa shape index (κ2) is 16.5. The van der Waals surface area contributed by atoms with Gasteiger partial charge in [-0.25, -0.2) is 0 Å². The molecule has 0 radical (unpaired) electrons. The Labute approximate surface area is 237 Å². The molecule has 3 aromatic rings. The monoisotopic (exact) mass is 554 g/mol. The van der Waals surface area contributed by atoms with Gasteiger partial charge in [-0.1, -0.05) is 70.2 Å². The van der Waals surface area contributed by atoms with E-state index in [0.717, 1.165) is 16.5 Å². The van der Waals surface area contributed by atoms with Crippen molar-refractivity contribution >= 4 is 22.9 Å². The molecule has 4 rings (SSSR count). The topological polar surface area (TPSA) is 87.2 Å². The highest BCUT2D eigenvalue weighted by Gasteiger charge is 2.20. The molecular weight excluding hydrogens is 510 g/mol. The molecule has 218 valence electrons. The number of esters is 2. The van der Waals surface area contributed by atoms with Crippen molar-refractivity contribution in [1.82, 2.24) is 4.58 Å². The van der Waals surface area contributed by atoms with E-state index in [1.807, 2.05) is 82.3 Å². The van der Waals surface area contributed by atoms with Crippen LogP contribution < -0.4 is 14.9 Å². The fourth-order valence-electron chi connectivity index (χ4n) is 3.90. The van der Waals surface area contributed by atoms with Crippen LogP contribution in [0.1, 0.15) is 61.3 Å². The predicted molar refractivity (Wildman–Crippen MR) is 157 cm³/mol. The number of rotatable bonds is 7. The number of ether oxygens (including phenoxy) is 4. The van der Waals surface area contributed by atoms with E-state index >= 15 is 0 Å². The summed E-state index contributed by atoms with van der Waals surface area (Å²) in [5.74, 6) is -0.445. The Morgan fingerprint density at radius 2 is 1.52 bits per heavy atom. The number of hydrogen-bond donors (Lipinski definition) is 0. The summed E-state index contributed by atoms with van der Waals surface area (Å²) in [6.07, 6.45) is -0.134. The Bertz CT molecular complexity index is 1280. The number of carbonyl (C=O) groups excluding carboxylic acids is 2. The van der Waals surface area contributed by atoms with Crippen molar-refractivity contribution in [2.24, 2.45) is 0 Å². The minimum absolute atomic E-state index is 0.0507. The van der Waals surface area contributed by atoms with Crippen LogP contribution >= 0.6 is 0 Å². The van der Waals surface area contributed by atoms with E-state index in [-0.39, 0.29) is 19.6 Å². The average molecular weight is 555 g/mol. The summed E-state index contributed by atoms with van der Waals surface area (Å²) in [4.78, 5) is 24.0. The summed E-state index contributed by atoms with van der Waals surface area (Å²) in [6.45, 7) is 15.7. The molecule has 0 spiro atoms. The minimum Gasteiger partial charge on any atom is -0.460 e. The summed E-state index contributed by atoms with van der Waals surface area (Å²) in [7, 11) is 0. The number of fused-ring (bicyclic) bond motifs is 1. The molecule has 0 atom stereocenters. The molecule has 8 heteroatoms. The first-order chi connectivity index (χ1) is 19.3. The molecule has 8 nitrogen and oxygen atoms in total. The molecule has 0 amide bonds. The zero-order chi connectivity index (χ0) is 29.5. The van der Waals surface area contributed by atoms with E-state index in [4.69, 9.17) is 23.4 Å². The molecule has 0 saturated carbocycles. The van der Waals surface area contributed by atoms with Crippen LogP contribution in [0.2, 0.25) is 0 Å². The quantitative estimate of drug-likeness (QED) is 0.202. The van der Waals surface area contributed by atoms with Crippen molar-refractivity contribution in [3.05, 3.63) is 60.2 Å². The first-order valence-electron chi connectivity index (χ1n) is 14.1. The largest absolute Gasteiger partial charge is 0.460 e. The lowest BCUT2D eigenvalue weighted by Gasteiger charge is -2.19. The van der Waals surface area contributed by atoms with Crippen LogP contribution in [0, 0.1) is 0 Å². The third-order valence-corrected chi connectivity index (χ3v) is 5.54. The van der Waals surface area contributed by atoms with Gasteiger partial charge in [-0.15, -0.1) is 0 Å². The van der Waals surface area contributed by atoms with Crippen LogP contribution in [-0.2, 0) is 23.8 Å². The van der Waals surface area contributed by atoms with Gasteiger partial charge in [-0.05, 0) is 32.4 Å². The van der Waals surface area contributed by atoms with Gasteiger partial charge < -0.3 is 23.4 Å². The van der Waals surface area contributed by atoms with E-state index in [2.05, 4.69) is 4.58 Å². The van der Waals surface area contributed by atoms with E-state index in [1.165, 1.54) is 0 Å². The first kappa shape index (κ1) is 32.6. The zero-order valence-corrected chi connectivity index (χ0v) is 25.0. The molecule has 0 N–H and O–H groups in total. The summed E-state index contributed by atoms with van der Waals surface area (Å²) in [6, 6.07) is 17.7. The van der Waals surface area contributed by atoms with Gasteiger partial charge in [0.1, 0.15) is 24.6 Å². The van der Waals surface area contributed by atoms with Gasteiger partial charge in [0.05, 0.1) is 24.3 Å². The van der Waals surface area contributed by atoms with E-state index in [1.54, 1.807) is 20.8 Å². The molecule has 1 saturated heterocycles. The van der Waals surface area contributed by atoms with Crippen LogP contribution in [0.25, 0.3) is 22.1 Å². The van der Waals surface area contributed by atoms with Crippen LogP contribution in [-0.4, -0.2) is 50.6 Å². The summed E-state index contributed by atoms with van der Waals surface area (Å²) in [5, 5.41) is 0.762. The molecule has 1 aromatic heterocycles. The number of benzene rings is 2. The van der Waals surface area contributed by atoms with E-state index in [0.29, 0.717) is 43.2 Å². The summed E-state index contributed by atoms with van der Waals surface area (Å²) >= 11 is 0. The SMILES string of the molecule is CC.CC.CC(C)(C)OC(=O)CCC(=O)OCOc1cc(=[N+]2CCOCC2)oc2c(-c3ccccc3)cccc12. The van der Waals surface area contributed by atoms with E-state index in [9.17, 15) is 9.59 Å². The third kappa shape index (κ3) is 9.83. The summed E-state index contributed by atoms with van der Waals surface area (Å²) in [5.41, 5.74) is 2.69. The lowest BCUT2D eigenvalue weighted by Crippen LogP contribution is -2.39. The Morgan fingerprint density at radius 1 is 0.875 bits per heavy atom. The minimum atomic E-state index is -0.597. The van der Waals surface area contributed by atoms with Crippen molar-refractivity contribution in [2.75, 3.05) is 33.1 Å². The molecule has 2 heterocycles. The number of para-hydroxylation sites is 1. The number of carbonyl (C=O) groups is 2. The van der Waals surface area contributed by atoms with Crippen molar-refractivity contribution < 1.29 is 33.0 Å². The van der Waals surface area contributed by atoms with Crippen LogP contribution in [0.5, 0.6) is 5.75 Å². The van der Waals surface area contributed by atoms with Gasteiger partial charge >= 0.3 is 17.5 Å². The average Bonchev–Trinajstić information content (AvgIpc) is 2.98. The second-order valence-electron chi connectivity index (χ2n) is 9.46. The highest BCUT2D eigenvalue weighted by molar-refractivity contribution is 5.95. The molecule has 40 heavy (non-hydrogen) atoms. The Morgan fingerprint density at radius 3 is 2.17 bits per heavy atom. The van der Waals surface area contributed by atoms with Gasteiger partial charge in [0, 0.05) is 5.56 Å². The van der Waals surface area contributed by atoms with Gasteiger partial charge in [0.2, 0.25) is 6.79 Å². The second-order valence-corrected chi connectivity index (χ2v) is 9.46. The molecule has 1 aliphatic heterocycles. The molecule has 0 aliphatic carbocycles. The fraction of sp³-hybridized carbons (Fsp3) is 0.469. The van der Waals surface area contributed by atoms with Crippen molar-refractivity contribution in [3.63, 3.8) is 0 Å². The van der Waals surface area contributed by atoms with Gasteiger partial charge in [-0.3, -0.25) is 9.59 Å². The normalized spacial score (nSPS) is 12.8. The number of hydrogen-bond acceptors (Lipinski definition) is 7. The standard InChI is InChI=1S/C28H32NO7.2C2H6/c1-28(2,3)36-26(31)13-12-25(30)34-19-33-23-18-24(29-14-16-32-17-15-29)35-27-21(10-7-11-22(23)27)20-8-5-4-6-9-20;2*1-2/h4-11,18H,12-17,19H2,1-3H3;2*1-2H3/q+1;;. The summed E-state index contributed by atoms with van der Waals surface area (Å²) < 4.78 is 30.4. The lowest BCUT2D eigenvalue weighted by atomic mass is 10.0. The maximum Gasteiger partial charge on any atom is 0.371 e. The molecule has 0 bridgehead atoms. The Hall–Kier alpha value is -3.65. The molecule has 1 fully saturated rings. The van der Waals surface area contributed by atoms with Gasteiger partial charge in [0.25, 0.3) is 0 Å². The van der Waals surface area contributed by atoms with Gasteiger partial charge in [0.15, 0.2) is 18.7 Å².